The normalized spacial score (nSPS) is 32.8. The minimum atomic E-state index is -2.65. The van der Waals surface area contributed by atoms with Gasteiger partial charge in [0, 0.05) is 31.8 Å². The van der Waals surface area contributed by atoms with Crippen LogP contribution in [0.5, 0.6) is 0 Å². The van der Waals surface area contributed by atoms with E-state index in [4.69, 9.17) is 5.73 Å². The molecule has 1 saturated carbocycles. The van der Waals surface area contributed by atoms with E-state index in [0.717, 1.165) is 6.42 Å². The van der Waals surface area contributed by atoms with E-state index in [1.165, 1.54) is 0 Å². The summed E-state index contributed by atoms with van der Waals surface area (Å²) >= 11 is 0. The lowest BCUT2D eigenvalue weighted by molar-refractivity contribution is -0.141. The summed E-state index contributed by atoms with van der Waals surface area (Å²) in [6, 6.07) is 0. The molecule has 0 spiro atoms. The third-order valence-electron chi connectivity index (χ3n) is 3.92. The van der Waals surface area contributed by atoms with E-state index in [0.29, 0.717) is 38.4 Å². The molecule has 1 heterocycles. The van der Waals surface area contributed by atoms with E-state index in [-0.39, 0.29) is 18.7 Å². The van der Waals surface area contributed by atoms with Crippen molar-refractivity contribution in [1.82, 2.24) is 4.90 Å². The highest BCUT2D eigenvalue weighted by Crippen LogP contribution is 2.37. The first-order valence-corrected chi connectivity index (χ1v) is 6.38. The third-order valence-corrected chi connectivity index (χ3v) is 3.92. The van der Waals surface area contributed by atoms with Crippen molar-refractivity contribution in [3.8, 4) is 0 Å². The van der Waals surface area contributed by atoms with Crippen molar-refractivity contribution in [1.29, 1.82) is 0 Å². The highest BCUT2D eigenvalue weighted by atomic mass is 19.3. The van der Waals surface area contributed by atoms with Gasteiger partial charge in [-0.05, 0) is 31.7 Å². The van der Waals surface area contributed by atoms with Crippen molar-refractivity contribution < 1.29 is 13.6 Å². The summed E-state index contributed by atoms with van der Waals surface area (Å²) in [6.07, 6.45) is 1.64. The first-order chi connectivity index (χ1) is 8.02. The van der Waals surface area contributed by atoms with Gasteiger partial charge in [0.15, 0.2) is 0 Å². The van der Waals surface area contributed by atoms with Gasteiger partial charge in [0.05, 0.1) is 0 Å². The number of carbonyl (C=O) groups excluding carboxylic acids is 1. The Morgan fingerprint density at radius 3 is 2.76 bits per heavy atom. The fourth-order valence-corrected chi connectivity index (χ4v) is 2.87. The maximum Gasteiger partial charge on any atom is 0.248 e. The molecule has 0 aromatic carbocycles. The molecular weight excluding hydrogens is 226 g/mol. The molecule has 5 heteroatoms. The molecule has 2 atom stereocenters. The smallest absolute Gasteiger partial charge is 0.248 e. The summed E-state index contributed by atoms with van der Waals surface area (Å²) < 4.78 is 26.5. The second kappa shape index (κ2) is 4.88. The Kier molecular flexibility index (Phi) is 3.66. The molecule has 2 fully saturated rings. The van der Waals surface area contributed by atoms with Crippen LogP contribution in [0.3, 0.4) is 0 Å². The summed E-state index contributed by atoms with van der Waals surface area (Å²) in [5, 5.41) is 0. The quantitative estimate of drug-likeness (QED) is 0.804. The van der Waals surface area contributed by atoms with Gasteiger partial charge < -0.3 is 10.6 Å². The van der Waals surface area contributed by atoms with Gasteiger partial charge in [0.25, 0.3) is 0 Å². The molecule has 17 heavy (non-hydrogen) atoms. The maximum atomic E-state index is 13.3. The molecule has 98 valence electrons. The van der Waals surface area contributed by atoms with Crippen LogP contribution in [0.25, 0.3) is 0 Å². The van der Waals surface area contributed by atoms with Gasteiger partial charge in [-0.15, -0.1) is 0 Å². The van der Waals surface area contributed by atoms with Crippen LogP contribution < -0.4 is 5.73 Å². The van der Waals surface area contributed by atoms with E-state index in [1.54, 1.807) is 4.90 Å². The highest BCUT2D eigenvalue weighted by Gasteiger charge is 2.41. The van der Waals surface area contributed by atoms with Crippen LogP contribution in [0.1, 0.15) is 32.1 Å². The Bertz CT molecular complexity index is 296. The molecule has 0 aromatic rings. The van der Waals surface area contributed by atoms with E-state index >= 15 is 0 Å². The van der Waals surface area contributed by atoms with Crippen molar-refractivity contribution >= 4 is 5.91 Å². The number of hydrogen-bond acceptors (Lipinski definition) is 2. The minimum Gasteiger partial charge on any atom is -0.342 e. The van der Waals surface area contributed by atoms with Crippen molar-refractivity contribution in [2.24, 2.45) is 17.6 Å². The molecule has 1 aliphatic heterocycles. The topological polar surface area (TPSA) is 46.3 Å². The molecular formula is C12H20F2N2O. The standard InChI is InChI=1S/C12H20F2N2O/c13-12(14)4-1-2-10(6-12)11(17)16-5-3-9(7-15)8-16/h9-10H,1-8,15H2. The van der Waals surface area contributed by atoms with Crippen LogP contribution in [0, 0.1) is 11.8 Å². The Morgan fingerprint density at radius 1 is 1.41 bits per heavy atom. The highest BCUT2D eigenvalue weighted by molar-refractivity contribution is 5.79. The minimum absolute atomic E-state index is 0.0673. The number of hydrogen-bond donors (Lipinski definition) is 1. The second-order valence-electron chi connectivity index (χ2n) is 5.32. The monoisotopic (exact) mass is 246 g/mol. The van der Waals surface area contributed by atoms with Crippen LogP contribution in [0.4, 0.5) is 8.78 Å². The largest absolute Gasteiger partial charge is 0.342 e. The summed E-state index contributed by atoms with van der Waals surface area (Å²) in [7, 11) is 0. The lowest BCUT2D eigenvalue weighted by atomic mass is 9.85. The van der Waals surface area contributed by atoms with Gasteiger partial charge in [-0.2, -0.15) is 0 Å². The summed E-state index contributed by atoms with van der Waals surface area (Å²) in [4.78, 5) is 13.8. The van der Waals surface area contributed by atoms with Crippen molar-refractivity contribution in [2.75, 3.05) is 19.6 Å². The average Bonchev–Trinajstić information content (AvgIpc) is 2.75. The second-order valence-corrected chi connectivity index (χ2v) is 5.32. The van der Waals surface area contributed by atoms with Gasteiger partial charge in [-0.3, -0.25) is 4.79 Å². The molecule has 1 aliphatic carbocycles. The molecule has 2 N–H and O–H groups in total. The van der Waals surface area contributed by atoms with Crippen LogP contribution in [-0.4, -0.2) is 36.4 Å². The van der Waals surface area contributed by atoms with Crippen LogP contribution in [-0.2, 0) is 4.79 Å². The molecule has 0 radical (unpaired) electrons. The molecule has 2 unspecified atom stereocenters. The number of alkyl halides is 2. The van der Waals surface area contributed by atoms with Crippen molar-refractivity contribution in [3.63, 3.8) is 0 Å². The Morgan fingerprint density at radius 2 is 2.18 bits per heavy atom. The van der Waals surface area contributed by atoms with Gasteiger partial charge in [0.1, 0.15) is 0 Å². The fourth-order valence-electron chi connectivity index (χ4n) is 2.87. The predicted molar refractivity (Wildman–Crippen MR) is 60.6 cm³/mol. The van der Waals surface area contributed by atoms with Crippen LogP contribution in [0.2, 0.25) is 0 Å². The zero-order valence-electron chi connectivity index (χ0n) is 10.0. The number of carbonyl (C=O) groups is 1. The SMILES string of the molecule is NCC1CCN(C(=O)C2CCCC(F)(F)C2)C1. The van der Waals surface area contributed by atoms with E-state index in [1.807, 2.05) is 0 Å². The lowest BCUT2D eigenvalue weighted by Crippen LogP contribution is -2.39. The average molecular weight is 246 g/mol. The number of rotatable bonds is 2. The molecule has 2 rings (SSSR count). The van der Waals surface area contributed by atoms with Gasteiger partial charge in [-0.1, -0.05) is 0 Å². The predicted octanol–water partition coefficient (Wildman–Crippen LogP) is 1.62. The zero-order chi connectivity index (χ0) is 12.5. The van der Waals surface area contributed by atoms with Crippen molar-refractivity contribution in [2.45, 2.75) is 38.0 Å². The van der Waals surface area contributed by atoms with Gasteiger partial charge in [-0.25, -0.2) is 8.78 Å². The Balaban J connectivity index is 1.92. The number of nitrogens with zero attached hydrogens (tertiary/aromatic N) is 1. The van der Waals surface area contributed by atoms with Gasteiger partial charge >= 0.3 is 0 Å². The molecule has 2 aliphatic rings. The first-order valence-electron chi connectivity index (χ1n) is 6.38. The number of amides is 1. The van der Waals surface area contributed by atoms with Crippen LogP contribution in [0.15, 0.2) is 0 Å². The number of halogens is 2. The van der Waals surface area contributed by atoms with Gasteiger partial charge in [0.2, 0.25) is 11.8 Å². The molecule has 0 aromatic heterocycles. The Hall–Kier alpha value is -0.710. The third kappa shape index (κ3) is 2.94. The number of nitrogens with two attached hydrogens (primary N) is 1. The molecule has 1 saturated heterocycles. The summed E-state index contributed by atoms with van der Waals surface area (Å²) in [5.74, 6) is -2.86. The molecule has 3 nitrogen and oxygen atoms in total. The van der Waals surface area contributed by atoms with E-state index < -0.39 is 11.8 Å². The van der Waals surface area contributed by atoms with Crippen molar-refractivity contribution in [3.05, 3.63) is 0 Å². The fraction of sp³-hybridized carbons (Fsp3) is 0.917. The Labute approximate surface area is 100 Å². The molecule has 1 amide bonds. The number of likely N-dealkylation sites (tertiary alicyclic amines) is 1. The summed E-state index contributed by atoms with van der Waals surface area (Å²) in [5.41, 5.74) is 5.56. The van der Waals surface area contributed by atoms with E-state index in [2.05, 4.69) is 0 Å². The van der Waals surface area contributed by atoms with Crippen LogP contribution >= 0.6 is 0 Å². The first kappa shape index (κ1) is 12.7. The maximum absolute atomic E-state index is 13.3. The molecule has 0 bridgehead atoms. The zero-order valence-corrected chi connectivity index (χ0v) is 10.0. The summed E-state index contributed by atoms with van der Waals surface area (Å²) in [6.45, 7) is 1.91. The lowest BCUT2D eigenvalue weighted by Gasteiger charge is -2.30. The van der Waals surface area contributed by atoms with E-state index in [9.17, 15) is 13.6 Å².